The summed E-state index contributed by atoms with van der Waals surface area (Å²) in [4.78, 5) is 54.3. The van der Waals surface area contributed by atoms with Gasteiger partial charge in [0.2, 0.25) is 5.91 Å². The van der Waals surface area contributed by atoms with Crippen molar-refractivity contribution in [1.29, 1.82) is 0 Å². The molecule has 0 aliphatic carbocycles. The van der Waals surface area contributed by atoms with Crippen molar-refractivity contribution in [3.05, 3.63) is 238 Å². The Morgan fingerprint density at radius 1 is 0.815 bits per heavy atom. The molecule has 65 heavy (non-hydrogen) atoms. The number of allylic oxidation sites excluding steroid dienone is 1. The Kier molecular flexibility index (Phi) is 13.3. The number of carbonyl (C=O) groups excluding carboxylic acids is 3. The van der Waals surface area contributed by atoms with Crippen LogP contribution in [0.4, 0.5) is 5.13 Å². The van der Waals surface area contributed by atoms with Crippen molar-refractivity contribution in [3.8, 4) is 0 Å². The molecule has 0 radical (unpaired) electrons. The second kappa shape index (κ2) is 20.0. The Balaban J connectivity index is 0.970. The van der Waals surface area contributed by atoms with Crippen LogP contribution in [0, 0.1) is 0 Å². The number of anilines is 1. The average molecular weight is 914 g/mol. The lowest BCUT2D eigenvalue weighted by Crippen LogP contribution is -2.71. The Morgan fingerprint density at radius 3 is 1.92 bits per heavy atom. The lowest BCUT2D eigenvalue weighted by Gasteiger charge is -2.49. The Hall–Kier alpha value is -6.77. The van der Waals surface area contributed by atoms with Gasteiger partial charge in [-0.3, -0.25) is 19.5 Å². The zero-order valence-corrected chi connectivity index (χ0v) is 37.3. The maximum atomic E-state index is 14.5. The number of aliphatic hydroxyl groups excluding tert-OH is 1. The largest absolute Gasteiger partial charge is 0.448 e. The number of aromatic nitrogens is 2. The fourth-order valence-electron chi connectivity index (χ4n) is 8.13. The first-order valence-corrected chi connectivity index (χ1v) is 23.8. The number of thiazole rings is 1. The summed E-state index contributed by atoms with van der Waals surface area (Å²) in [5.41, 5.74) is 4.76. The molecule has 324 valence electrons. The number of thioether (sulfide) groups is 2. The number of ether oxygens (including phenoxy) is 1. The number of β-lactam (4-membered cyclic amide) rings is 1. The van der Waals surface area contributed by atoms with E-state index in [1.165, 1.54) is 39.8 Å². The van der Waals surface area contributed by atoms with Gasteiger partial charge in [-0.05, 0) is 57.0 Å². The molecule has 2 amide bonds. The third kappa shape index (κ3) is 9.14. The summed E-state index contributed by atoms with van der Waals surface area (Å²) < 4.78 is 6.33. The van der Waals surface area contributed by atoms with Crippen molar-refractivity contribution < 1.29 is 24.2 Å². The summed E-state index contributed by atoms with van der Waals surface area (Å²) in [6.45, 7) is -0.542. The number of aliphatic hydroxyl groups is 1. The fourth-order valence-corrected chi connectivity index (χ4v) is 10.9. The smallest absolute Gasteiger partial charge is 0.356 e. The highest BCUT2D eigenvalue weighted by atomic mass is 32.2. The molecule has 0 saturated carbocycles. The van der Waals surface area contributed by atoms with Gasteiger partial charge >= 0.3 is 5.97 Å². The van der Waals surface area contributed by atoms with E-state index in [2.05, 4.69) is 52.0 Å². The number of pyridine rings is 1. The van der Waals surface area contributed by atoms with Crippen LogP contribution in [0.15, 0.2) is 209 Å². The van der Waals surface area contributed by atoms with Crippen molar-refractivity contribution in [2.45, 2.75) is 33.9 Å². The molecule has 7 aromatic rings. The molecule has 13 heteroatoms. The molecule has 3 atom stereocenters. The molecule has 5 aromatic carbocycles. The van der Waals surface area contributed by atoms with Crippen LogP contribution in [0.2, 0.25) is 0 Å². The van der Waals surface area contributed by atoms with E-state index in [0.29, 0.717) is 22.2 Å². The predicted octanol–water partition coefficient (Wildman–Crippen LogP) is 9.31. The highest BCUT2D eigenvalue weighted by molar-refractivity contribution is 8.02. The molecule has 1 fully saturated rings. The quantitative estimate of drug-likeness (QED) is 0.0373. The minimum absolute atomic E-state index is 0.122. The van der Waals surface area contributed by atoms with E-state index in [1.54, 1.807) is 17.8 Å². The van der Waals surface area contributed by atoms with Gasteiger partial charge in [0.15, 0.2) is 11.2 Å². The molecule has 2 aliphatic heterocycles. The summed E-state index contributed by atoms with van der Waals surface area (Å²) in [5, 5.41) is 20.9. The van der Waals surface area contributed by atoms with Crippen molar-refractivity contribution in [2.24, 2.45) is 0 Å². The second-order valence-corrected chi connectivity index (χ2v) is 18.2. The van der Waals surface area contributed by atoms with E-state index in [-0.39, 0.29) is 5.70 Å². The number of fused-ring (bicyclic) bond motifs is 1. The Morgan fingerprint density at radius 2 is 1.38 bits per heavy atom. The summed E-state index contributed by atoms with van der Waals surface area (Å²) in [5.74, 6) is -2.38. The van der Waals surface area contributed by atoms with E-state index < -0.39 is 53.4 Å². The number of nitrogens with one attached hydrogen (secondary N) is 2. The second-order valence-electron chi connectivity index (χ2n) is 15.3. The minimum atomic E-state index is -1.07. The minimum Gasteiger partial charge on any atom is -0.448 e. The molecule has 0 spiro atoms. The van der Waals surface area contributed by atoms with Crippen molar-refractivity contribution in [3.63, 3.8) is 0 Å². The van der Waals surface area contributed by atoms with Gasteiger partial charge < -0.3 is 20.5 Å². The number of hydrogen-bond donors (Lipinski definition) is 3. The molecule has 2 unspecified atom stereocenters. The molecule has 9 rings (SSSR count). The Labute approximate surface area is 389 Å². The summed E-state index contributed by atoms with van der Waals surface area (Å²) in [7, 11) is 0. The third-order valence-electron chi connectivity index (χ3n) is 11.3. The number of carbonyl (C=O) groups is 3. The van der Waals surface area contributed by atoms with Gasteiger partial charge in [-0.2, -0.15) is 0 Å². The van der Waals surface area contributed by atoms with Crippen LogP contribution in [-0.4, -0.2) is 61.5 Å². The van der Waals surface area contributed by atoms with Gasteiger partial charge in [0.25, 0.3) is 5.91 Å². The number of esters is 1. The lowest BCUT2D eigenvalue weighted by molar-refractivity contribution is -0.154. The molecule has 2 aromatic heterocycles. The molecule has 1 saturated heterocycles. The van der Waals surface area contributed by atoms with Gasteiger partial charge in [0.05, 0.1) is 12.3 Å². The van der Waals surface area contributed by atoms with Crippen molar-refractivity contribution in [1.82, 2.24) is 20.2 Å². The van der Waals surface area contributed by atoms with Crippen LogP contribution in [0.3, 0.4) is 0 Å². The molecule has 3 N–H and O–H groups in total. The molecule has 10 nitrogen and oxygen atoms in total. The maximum absolute atomic E-state index is 14.5. The topological polar surface area (TPSA) is 134 Å². The molecule has 0 bridgehead atoms. The molecule has 2 aliphatic rings. The normalized spacial score (nSPS) is 16.5. The lowest BCUT2D eigenvalue weighted by atomic mass is 9.77. The number of amides is 2. The molecular formula is C52H43N5O5S3. The first-order chi connectivity index (χ1) is 31.9. The van der Waals surface area contributed by atoms with Gasteiger partial charge in [-0.1, -0.05) is 163 Å². The van der Waals surface area contributed by atoms with Crippen LogP contribution in [0.5, 0.6) is 0 Å². The number of nitrogens with zero attached hydrogens (tertiary/aromatic N) is 3. The predicted molar refractivity (Wildman–Crippen MR) is 257 cm³/mol. The van der Waals surface area contributed by atoms with Crippen LogP contribution in [-0.2, 0) is 24.7 Å². The highest BCUT2D eigenvalue weighted by Crippen LogP contribution is 2.44. The fraction of sp³-hybridized carbons (Fsp3) is 0.135. The number of hydrogen-bond acceptors (Lipinski definition) is 11. The van der Waals surface area contributed by atoms with Gasteiger partial charge in [-0.25, -0.2) is 9.78 Å². The van der Waals surface area contributed by atoms with E-state index in [9.17, 15) is 19.5 Å². The van der Waals surface area contributed by atoms with Crippen LogP contribution in [0.1, 0.15) is 45.5 Å². The average Bonchev–Trinajstić information content (AvgIpc) is 3.83. The summed E-state index contributed by atoms with van der Waals surface area (Å²) >= 11 is 4.20. The Bertz CT molecular complexity index is 2660. The van der Waals surface area contributed by atoms with E-state index in [1.807, 2.05) is 139 Å². The highest BCUT2D eigenvalue weighted by Gasteiger charge is 2.55. The summed E-state index contributed by atoms with van der Waals surface area (Å²) in [6, 6.07) is 52.1. The van der Waals surface area contributed by atoms with Gasteiger partial charge in [-0.15, -0.1) is 23.1 Å². The third-order valence-corrected chi connectivity index (χ3v) is 14.2. The van der Waals surface area contributed by atoms with Crippen LogP contribution >= 0.6 is 34.9 Å². The van der Waals surface area contributed by atoms with Gasteiger partial charge in [0.1, 0.15) is 28.6 Å². The van der Waals surface area contributed by atoms with Crippen molar-refractivity contribution >= 4 is 57.8 Å². The number of benzene rings is 5. The maximum Gasteiger partial charge on any atom is 0.356 e. The summed E-state index contributed by atoms with van der Waals surface area (Å²) in [6.07, 6.45) is 4.53. The van der Waals surface area contributed by atoms with Crippen LogP contribution < -0.4 is 10.6 Å². The SMILES string of the molecule is O=C(OC(c1ccccc1)c1ccccc1)C1=C(C=CSc2cccnc2)CS[C@@H]2C(NC(=O)C(CO)c3csc(NC(c4ccccc4)(c4ccccc4)c4ccccc4)n3)C(=O)N12. The van der Waals surface area contributed by atoms with Crippen molar-refractivity contribution in [2.75, 3.05) is 17.7 Å². The van der Waals surface area contributed by atoms with Crippen LogP contribution in [0.25, 0.3) is 0 Å². The number of rotatable bonds is 16. The van der Waals surface area contributed by atoms with E-state index in [4.69, 9.17) is 9.72 Å². The molecule has 4 heterocycles. The standard InChI is InChI=1S/C52H43N5O5S3/c58-32-42(43-34-65-51(54-43)56-52(38-21-10-3-11-22-38,39-23-12-4-13-24-39)40-25-14-5-15-26-40)47(59)55-44-48(60)57-45(37(33-64-49(44)57)28-30-63-41-27-16-29-53-31-41)50(61)62-46(35-17-6-1-7-18-35)36-19-8-2-9-20-36/h1-31,34,42,44,46,49,58H,32-33H2,(H,54,56)(H,55,59)/t42?,44?,49-/m1/s1. The zero-order valence-electron chi connectivity index (χ0n) is 34.8. The van der Waals surface area contributed by atoms with E-state index >= 15 is 0 Å². The molecular weight excluding hydrogens is 871 g/mol. The zero-order chi connectivity index (χ0) is 44.6. The monoisotopic (exact) mass is 913 g/mol. The first-order valence-electron chi connectivity index (χ1n) is 21.0. The van der Waals surface area contributed by atoms with Gasteiger partial charge in [0, 0.05) is 28.4 Å². The first kappa shape index (κ1) is 43.5. The van der Waals surface area contributed by atoms with E-state index in [0.717, 1.165) is 32.7 Å².